The first-order chi connectivity index (χ1) is 12.0. The number of benzene rings is 1. The molecule has 4 aromatic rings. The fourth-order valence-electron chi connectivity index (χ4n) is 2.90. The van der Waals surface area contributed by atoms with Gasteiger partial charge in [-0.05, 0) is 12.1 Å². The Kier molecular flexibility index (Phi) is 3.28. The van der Waals surface area contributed by atoms with Gasteiger partial charge in [0.15, 0.2) is 23.5 Å². The molecule has 0 aliphatic heterocycles. The molecular weight excluding hydrogens is 325 g/mol. The number of hydrogen-bond donors (Lipinski definition) is 1. The summed E-state index contributed by atoms with van der Waals surface area (Å²) in [4.78, 5) is 19.5. The van der Waals surface area contributed by atoms with Gasteiger partial charge in [-0.1, -0.05) is 13.8 Å². The maximum absolute atomic E-state index is 15.0. The number of aromatic nitrogens is 4. The summed E-state index contributed by atoms with van der Waals surface area (Å²) in [5, 5.41) is 4.60. The maximum atomic E-state index is 15.0. The highest BCUT2D eigenvalue weighted by Crippen LogP contribution is 2.35. The smallest absolute Gasteiger partial charge is 0.175 e. The van der Waals surface area contributed by atoms with Crippen LogP contribution in [0.1, 0.15) is 35.9 Å². The van der Waals surface area contributed by atoms with Gasteiger partial charge in [-0.2, -0.15) is 5.10 Å². The summed E-state index contributed by atoms with van der Waals surface area (Å²) in [5.41, 5.74) is 7.27. The molecule has 0 bridgehead atoms. The zero-order valence-electron chi connectivity index (χ0n) is 13.5. The third-order valence-corrected chi connectivity index (χ3v) is 4.10. The van der Waals surface area contributed by atoms with Crippen molar-refractivity contribution in [3.05, 3.63) is 41.9 Å². The molecule has 126 valence electrons. The Labute approximate surface area is 141 Å². The van der Waals surface area contributed by atoms with Gasteiger partial charge in [0.05, 0.1) is 5.56 Å². The van der Waals surface area contributed by atoms with Crippen LogP contribution in [0.4, 0.5) is 10.2 Å². The first kappa shape index (κ1) is 15.3. The summed E-state index contributed by atoms with van der Waals surface area (Å²) >= 11 is 0. The molecule has 4 rings (SSSR count). The van der Waals surface area contributed by atoms with Crippen LogP contribution < -0.4 is 5.73 Å². The van der Waals surface area contributed by atoms with Crippen molar-refractivity contribution in [3.63, 3.8) is 0 Å². The van der Waals surface area contributed by atoms with Crippen LogP contribution in [0.3, 0.4) is 0 Å². The Balaban J connectivity index is 2.07. The summed E-state index contributed by atoms with van der Waals surface area (Å²) in [7, 11) is 0. The molecule has 8 heteroatoms. The van der Waals surface area contributed by atoms with E-state index >= 15 is 4.39 Å². The predicted molar refractivity (Wildman–Crippen MR) is 89.8 cm³/mol. The standard InChI is InChI=1S/C17H14FN5O2/c1-8(2)17-22-13(14-16(19)20-7-21-23(14)17)11-4-3-10-9(5-24)6-25-15(10)12(11)18/h3-8H,1-2H3,(H2,19,20,21). The van der Waals surface area contributed by atoms with E-state index in [0.29, 0.717) is 34.3 Å². The Morgan fingerprint density at radius 3 is 2.88 bits per heavy atom. The van der Waals surface area contributed by atoms with Gasteiger partial charge < -0.3 is 10.2 Å². The van der Waals surface area contributed by atoms with Crippen molar-refractivity contribution in [1.82, 2.24) is 19.6 Å². The normalized spacial score (nSPS) is 11.7. The molecule has 0 saturated heterocycles. The average Bonchev–Trinajstić information content (AvgIpc) is 3.18. The van der Waals surface area contributed by atoms with Crippen LogP contribution in [0.15, 0.2) is 29.1 Å². The van der Waals surface area contributed by atoms with Gasteiger partial charge in [0.1, 0.15) is 29.6 Å². The third kappa shape index (κ3) is 2.10. The predicted octanol–water partition coefficient (Wildman–Crippen LogP) is 3.19. The van der Waals surface area contributed by atoms with Gasteiger partial charge in [0, 0.05) is 16.9 Å². The number of halogens is 1. The number of nitrogens with two attached hydrogens (primary N) is 1. The number of anilines is 1. The molecule has 0 amide bonds. The number of furan rings is 1. The molecule has 0 saturated carbocycles. The van der Waals surface area contributed by atoms with Crippen molar-refractivity contribution in [1.29, 1.82) is 0 Å². The number of aldehydes is 1. The lowest BCUT2D eigenvalue weighted by Crippen LogP contribution is -2.03. The Morgan fingerprint density at radius 2 is 2.16 bits per heavy atom. The van der Waals surface area contributed by atoms with Crippen molar-refractivity contribution < 1.29 is 13.6 Å². The van der Waals surface area contributed by atoms with Gasteiger partial charge in [0.25, 0.3) is 0 Å². The van der Waals surface area contributed by atoms with Crippen molar-refractivity contribution in [3.8, 4) is 11.3 Å². The molecule has 0 radical (unpaired) electrons. The monoisotopic (exact) mass is 339 g/mol. The van der Waals surface area contributed by atoms with E-state index in [1.165, 1.54) is 12.6 Å². The van der Waals surface area contributed by atoms with Crippen LogP contribution in [0.2, 0.25) is 0 Å². The topological polar surface area (TPSA) is 99.3 Å². The van der Waals surface area contributed by atoms with Gasteiger partial charge in [0.2, 0.25) is 0 Å². The van der Waals surface area contributed by atoms with Gasteiger partial charge in [-0.15, -0.1) is 0 Å². The minimum absolute atomic E-state index is 0.00210. The van der Waals surface area contributed by atoms with Crippen LogP contribution in [-0.2, 0) is 0 Å². The Bertz CT molecular complexity index is 1130. The number of nitrogens with zero attached hydrogens (tertiary/aromatic N) is 4. The highest BCUT2D eigenvalue weighted by Gasteiger charge is 2.23. The van der Waals surface area contributed by atoms with Gasteiger partial charge >= 0.3 is 0 Å². The Hall–Kier alpha value is -3.29. The van der Waals surface area contributed by atoms with E-state index in [-0.39, 0.29) is 22.9 Å². The lowest BCUT2D eigenvalue weighted by molar-refractivity contribution is 0.112. The molecule has 25 heavy (non-hydrogen) atoms. The second kappa shape index (κ2) is 5.37. The molecule has 3 heterocycles. The number of nitrogen functional groups attached to an aromatic ring is 1. The second-order valence-electron chi connectivity index (χ2n) is 5.99. The molecule has 0 aliphatic carbocycles. The van der Waals surface area contributed by atoms with E-state index in [0.717, 1.165) is 0 Å². The molecular formula is C17H14FN5O2. The SMILES string of the molecule is CC(C)c1nc(-c2ccc3c(C=O)coc3c2F)c2c(N)ncnn12. The van der Waals surface area contributed by atoms with Crippen molar-refractivity contribution in [2.45, 2.75) is 19.8 Å². The van der Waals surface area contributed by atoms with E-state index < -0.39 is 5.82 Å². The molecule has 0 unspecified atom stereocenters. The van der Waals surface area contributed by atoms with Gasteiger partial charge in [-0.3, -0.25) is 4.79 Å². The zero-order valence-corrected chi connectivity index (χ0v) is 13.5. The summed E-state index contributed by atoms with van der Waals surface area (Å²) in [6.07, 6.45) is 3.19. The molecule has 3 aromatic heterocycles. The largest absolute Gasteiger partial charge is 0.460 e. The maximum Gasteiger partial charge on any atom is 0.175 e. The van der Waals surface area contributed by atoms with Crippen molar-refractivity contribution >= 4 is 28.6 Å². The first-order valence-corrected chi connectivity index (χ1v) is 7.67. The number of carbonyl (C=O) groups excluding carboxylic acids is 1. The molecule has 1 aromatic carbocycles. The van der Waals surface area contributed by atoms with Crippen LogP contribution in [0, 0.1) is 5.82 Å². The number of hydrogen-bond acceptors (Lipinski definition) is 6. The summed E-state index contributed by atoms with van der Waals surface area (Å²) in [6.45, 7) is 3.92. The first-order valence-electron chi connectivity index (χ1n) is 7.67. The molecule has 0 aliphatic rings. The average molecular weight is 339 g/mol. The van der Waals surface area contributed by atoms with Crippen LogP contribution >= 0.6 is 0 Å². The molecule has 2 N–H and O–H groups in total. The third-order valence-electron chi connectivity index (χ3n) is 4.10. The van der Waals surface area contributed by atoms with E-state index in [1.54, 1.807) is 16.6 Å². The molecule has 0 spiro atoms. The number of imidazole rings is 1. The van der Waals surface area contributed by atoms with E-state index in [9.17, 15) is 4.79 Å². The van der Waals surface area contributed by atoms with Crippen LogP contribution in [-0.4, -0.2) is 25.9 Å². The number of fused-ring (bicyclic) bond motifs is 2. The molecule has 0 atom stereocenters. The number of rotatable bonds is 3. The lowest BCUT2D eigenvalue weighted by atomic mass is 10.1. The number of carbonyl (C=O) groups is 1. The second-order valence-corrected chi connectivity index (χ2v) is 5.99. The van der Waals surface area contributed by atoms with E-state index in [2.05, 4.69) is 15.1 Å². The summed E-state index contributed by atoms with van der Waals surface area (Å²) in [5.74, 6) is 0.292. The van der Waals surface area contributed by atoms with E-state index in [1.807, 2.05) is 13.8 Å². The van der Waals surface area contributed by atoms with Crippen LogP contribution in [0.5, 0.6) is 0 Å². The van der Waals surface area contributed by atoms with Crippen LogP contribution in [0.25, 0.3) is 27.7 Å². The quantitative estimate of drug-likeness (QED) is 0.575. The lowest BCUT2D eigenvalue weighted by Gasteiger charge is -2.03. The fraction of sp³-hybridized carbons (Fsp3) is 0.176. The van der Waals surface area contributed by atoms with E-state index in [4.69, 9.17) is 10.2 Å². The minimum Gasteiger partial charge on any atom is -0.460 e. The van der Waals surface area contributed by atoms with Crippen molar-refractivity contribution in [2.24, 2.45) is 0 Å². The highest BCUT2D eigenvalue weighted by molar-refractivity contribution is 5.98. The summed E-state index contributed by atoms with van der Waals surface area (Å²) < 4.78 is 21.8. The van der Waals surface area contributed by atoms with Crippen molar-refractivity contribution in [2.75, 3.05) is 5.73 Å². The zero-order chi connectivity index (χ0) is 17.7. The fourth-order valence-corrected chi connectivity index (χ4v) is 2.90. The minimum atomic E-state index is -0.607. The molecule has 7 nitrogen and oxygen atoms in total. The molecule has 0 fully saturated rings. The highest BCUT2D eigenvalue weighted by atomic mass is 19.1. The van der Waals surface area contributed by atoms with Gasteiger partial charge in [-0.25, -0.2) is 18.9 Å². The Morgan fingerprint density at radius 1 is 1.36 bits per heavy atom. The summed E-state index contributed by atoms with van der Waals surface area (Å²) in [6, 6.07) is 3.18.